The standard InChI is InChI=1S/C9H8F3NO2/c1-5-6(9(10,11)12)3-4-13-7(5)8(14)15-2/h3-4H,1-2H3. The Kier molecular flexibility index (Phi) is 2.97. The minimum absolute atomic E-state index is 0.225. The Morgan fingerprint density at radius 1 is 1.47 bits per heavy atom. The summed E-state index contributed by atoms with van der Waals surface area (Å²) in [7, 11) is 1.09. The van der Waals surface area contributed by atoms with Crippen LogP contribution in [-0.4, -0.2) is 18.1 Å². The fourth-order valence-corrected chi connectivity index (χ4v) is 1.15. The van der Waals surface area contributed by atoms with Crippen molar-refractivity contribution < 1.29 is 22.7 Å². The molecule has 0 aromatic carbocycles. The molecule has 0 radical (unpaired) electrons. The van der Waals surface area contributed by atoms with E-state index < -0.39 is 17.7 Å². The van der Waals surface area contributed by atoms with Gasteiger partial charge in [0.05, 0.1) is 12.7 Å². The number of pyridine rings is 1. The number of halogens is 3. The number of alkyl halides is 3. The van der Waals surface area contributed by atoms with Crippen LogP contribution >= 0.6 is 0 Å². The number of aromatic nitrogens is 1. The zero-order chi connectivity index (χ0) is 11.6. The molecule has 0 aliphatic carbocycles. The van der Waals surface area contributed by atoms with Crippen molar-refractivity contribution >= 4 is 5.97 Å². The molecule has 15 heavy (non-hydrogen) atoms. The van der Waals surface area contributed by atoms with Gasteiger partial charge in [0, 0.05) is 6.20 Å². The molecule has 1 heterocycles. The highest BCUT2D eigenvalue weighted by molar-refractivity contribution is 5.89. The van der Waals surface area contributed by atoms with Crippen molar-refractivity contribution in [3.05, 3.63) is 29.1 Å². The number of ether oxygens (including phenoxy) is 1. The van der Waals surface area contributed by atoms with Crippen LogP contribution < -0.4 is 0 Å². The number of nitrogens with zero attached hydrogens (tertiary/aromatic N) is 1. The van der Waals surface area contributed by atoms with Crippen LogP contribution in [0.3, 0.4) is 0 Å². The quantitative estimate of drug-likeness (QED) is 0.679. The maximum absolute atomic E-state index is 12.4. The Balaban J connectivity index is 3.30. The second kappa shape index (κ2) is 3.88. The summed E-state index contributed by atoms with van der Waals surface area (Å²) < 4.78 is 41.6. The molecule has 0 saturated carbocycles. The van der Waals surface area contributed by atoms with Crippen LogP contribution in [0.4, 0.5) is 13.2 Å². The second-order valence-electron chi connectivity index (χ2n) is 2.82. The Morgan fingerprint density at radius 2 is 2.07 bits per heavy atom. The van der Waals surface area contributed by atoms with Crippen molar-refractivity contribution in [2.24, 2.45) is 0 Å². The van der Waals surface area contributed by atoms with E-state index in [-0.39, 0.29) is 11.3 Å². The largest absolute Gasteiger partial charge is 0.464 e. The van der Waals surface area contributed by atoms with Gasteiger partial charge < -0.3 is 4.74 Å². The van der Waals surface area contributed by atoms with E-state index in [0.29, 0.717) is 0 Å². The van der Waals surface area contributed by atoms with Crippen molar-refractivity contribution in [3.63, 3.8) is 0 Å². The number of hydrogen-bond donors (Lipinski definition) is 0. The fourth-order valence-electron chi connectivity index (χ4n) is 1.15. The van der Waals surface area contributed by atoms with Crippen molar-refractivity contribution in [1.82, 2.24) is 4.98 Å². The van der Waals surface area contributed by atoms with E-state index in [1.807, 2.05) is 0 Å². The van der Waals surface area contributed by atoms with Crippen molar-refractivity contribution in [3.8, 4) is 0 Å². The van der Waals surface area contributed by atoms with E-state index in [0.717, 1.165) is 19.4 Å². The summed E-state index contributed by atoms with van der Waals surface area (Å²) in [4.78, 5) is 14.6. The summed E-state index contributed by atoms with van der Waals surface area (Å²) in [6, 6.07) is 0.821. The first-order valence-corrected chi connectivity index (χ1v) is 3.99. The van der Waals surface area contributed by atoms with E-state index >= 15 is 0 Å². The van der Waals surface area contributed by atoms with Crippen molar-refractivity contribution in [2.75, 3.05) is 7.11 Å². The lowest BCUT2D eigenvalue weighted by molar-refractivity contribution is -0.138. The van der Waals surface area contributed by atoms with Gasteiger partial charge in [0.15, 0.2) is 5.69 Å². The minimum atomic E-state index is -4.49. The normalized spacial score (nSPS) is 11.3. The van der Waals surface area contributed by atoms with Gasteiger partial charge in [-0.2, -0.15) is 13.2 Å². The van der Waals surface area contributed by atoms with E-state index in [4.69, 9.17) is 0 Å². The molecule has 3 nitrogen and oxygen atoms in total. The molecule has 0 unspecified atom stereocenters. The molecule has 0 N–H and O–H groups in total. The van der Waals surface area contributed by atoms with Gasteiger partial charge in [0.2, 0.25) is 0 Å². The first kappa shape index (κ1) is 11.5. The molecule has 0 aliphatic rings. The zero-order valence-electron chi connectivity index (χ0n) is 8.05. The van der Waals surface area contributed by atoms with Gasteiger partial charge in [0.25, 0.3) is 0 Å². The van der Waals surface area contributed by atoms with Crippen LogP contribution in [0.2, 0.25) is 0 Å². The van der Waals surface area contributed by atoms with Gasteiger partial charge in [-0.25, -0.2) is 9.78 Å². The highest BCUT2D eigenvalue weighted by Crippen LogP contribution is 2.32. The summed E-state index contributed by atoms with van der Waals surface area (Å²) in [6.07, 6.45) is -3.56. The van der Waals surface area contributed by atoms with Crippen LogP contribution in [0.5, 0.6) is 0 Å². The van der Waals surface area contributed by atoms with Gasteiger partial charge in [-0.05, 0) is 18.6 Å². The fraction of sp³-hybridized carbons (Fsp3) is 0.333. The third kappa shape index (κ3) is 2.26. The topological polar surface area (TPSA) is 39.2 Å². The number of esters is 1. The van der Waals surface area contributed by atoms with E-state index in [9.17, 15) is 18.0 Å². The third-order valence-corrected chi connectivity index (χ3v) is 1.89. The molecule has 0 aliphatic heterocycles. The summed E-state index contributed by atoms with van der Waals surface area (Å²) in [5, 5.41) is 0. The van der Waals surface area contributed by atoms with Gasteiger partial charge in [-0.1, -0.05) is 0 Å². The summed E-state index contributed by atoms with van der Waals surface area (Å²) >= 11 is 0. The number of carbonyl (C=O) groups is 1. The third-order valence-electron chi connectivity index (χ3n) is 1.89. The molecule has 0 bridgehead atoms. The van der Waals surface area contributed by atoms with Crippen LogP contribution in [0.25, 0.3) is 0 Å². The van der Waals surface area contributed by atoms with Crippen LogP contribution in [0.15, 0.2) is 12.3 Å². The molecule has 6 heteroatoms. The lowest BCUT2D eigenvalue weighted by Gasteiger charge is -2.11. The monoisotopic (exact) mass is 219 g/mol. The number of methoxy groups -OCH3 is 1. The van der Waals surface area contributed by atoms with E-state index in [2.05, 4.69) is 9.72 Å². The van der Waals surface area contributed by atoms with Gasteiger partial charge in [0.1, 0.15) is 0 Å². The Hall–Kier alpha value is -1.59. The lowest BCUT2D eigenvalue weighted by atomic mass is 10.1. The number of hydrogen-bond acceptors (Lipinski definition) is 3. The highest BCUT2D eigenvalue weighted by atomic mass is 19.4. The van der Waals surface area contributed by atoms with Gasteiger partial charge in [-0.3, -0.25) is 0 Å². The molecular formula is C9H8F3NO2. The summed E-state index contributed by atoms with van der Waals surface area (Å²) in [6.45, 7) is 1.18. The minimum Gasteiger partial charge on any atom is -0.464 e. The molecule has 0 atom stereocenters. The van der Waals surface area contributed by atoms with Crippen LogP contribution in [0.1, 0.15) is 21.6 Å². The molecule has 1 rings (SSSR count). The molecule has 0 fully saturated rings. The maximum Gasteiger partial charge on any atom is 0.416 e. The molecular weight excluding hydrogens is 211 g/mol. The Morgan fingerprint density at radius 3 is 2.53 bits per heavy atom. The number of rotatable bonds is 1. The molecule has 82 valence electrons. The molecule has 0 spiro atoms. The summed E-state index contributed by atoms with van der Waals surface area (Å²) in [5.41, 5.74) is -1.41. The average Bonchev–Trinajstić information content (AvgIpc) is 2.15. The second-order valence-corrected chi connectivity index (χ2v) is 2.82. The molecule has 0 amide bonds. The predicted molar refractivity (Wildman–Crippen MR) is 45.3 cm³/mol. The molecule has 0 saturated heterocycles. The van der Waals surface area contributed by atoms with Crippen LogP contribution in [0, 0.1) is 6.92 Å². The zero-order valence-corrected chi connectivity index (χ0v) is 8.05. The van der Waals surface area contributed by atoms with E-state index in [1.165, 1.54) is 6.92 Å². The maximum atomic E-state index is 12.4. The van der Waals surface area contributed by atoms with Crippen molar-refractivity contribution in [1.29, 1.82) is 0 Å². The predicted octanol–water partition coefficient (Wildman–Crippen LogP) is 2.20. The smallest absolute Gasteiger partial charge is 0.416 e. The summed E-state index contributed by atoms with van der Waals surface area (Å²) in [5.74, 6) is -0.876. The average molecular weight is 219 g/mol. The first-order chi connectivity index (χ1) is 6.88. The molecule has 1 aromatic rings. The Bertz CT molecular complexity index is 387. The highest BCUT2D eigenvalue weighted by Gasteiger charge is 2.34. The van der Waals surface area contributed by atoms with E-state index in [1.54, 1.807) is 0 Å². The van der Waals surface area contributed by atoms with Gasteiger partial charge in [-0.15, -0.1) is 0 Å². The first-order valence-electron chi connectivity index (χ1n) is 3.99. The van der Waals surface area contributed by atoms with Crippen LogP contribution in [-0.2, 0) is 10.9 Å². The van der Waals surface area contributed by atoms with Gasteiger partial charge >= 0.3 is 12.1 Å². The lowest BCUT2D eigenvalue weighted by Crippen LogP contribution is -2.14. The van der Waals surface area contributed by atoms with Crippen molar-refractivity contribution in [2.45, 2.75) is 13.1 Å². The Labute approximate surface area is 83.9 Å². The number of carbonyl (C=O) groups excluding carboxylic acids is 1. The SMILES string of the molecule is COC(=O)c1nccc(C(F)(F)F)c1C. The molecule has 1 aromatic heterocycles.